The van der Waals surface area contributed by atoms with Crippen molar-refractivity contribution in [3.05, 3.63) is 76.1 Å². The van der Waals surface area contributed by atoms with Gasteiger partial charge >= 0.3 is 5.13 Å². The van der Waals surface area contributed by atoms with Crippen LogP contribution in [0.4, 0.5) is 5.13 Å². The molecule has 0 spiro atoms. The van der Waals surface area contributed by atoms with Gasteiger partial charge in [0, 0.05) is 15.6 Å². The van der Waals surface area contributed by atoms with E-state index in [9.17, 15) is 4.79 Å². The summed E-state index contributed by atoms with van der Waals surface area (Å²) in [6.45, 7) is 9.16. The van der Waals surface area contributed by atoms with Crippen molar-refractivity contribution < 1.29 is 31.1 Å². The van der Waals surface area contributed by atoms with Crippen LogP contribution in [0.15, 0.2) is 65.7 Å². The molecule has 0 saturated heterocycles. The van der Waals surface area contributed by atoms with Gasteiger partial charge in [-0.3, -0.25) is 4.79 Å². The highest BCUT2D eigenvalue weighted by Crippen LogP contribution is 2.29. The van der Waals surface area contributed by atoms with Gasteiger partial charge < -0.3 is 21.7 Å². The minimum atomic E-state index is -0.198. The second-order valence-corrected chi connectivity index (χ2v) is 8.37. The van der Waals surface area contributed by atoms with Crippen molar-refractivity contribution in [2.75, 3.05) is 12.0 Å². The van der Waals surface area contributed by atoms with Gasteiger partial charge in [0.1, 0.15) is 18.0 Å². The predicted molar refractivity (Wildman–Crippen MR) is 121 cm³/mol. The molecule has 3 rings (SSSR count). The molecule has 0 saturated carbocycles. The van der Waals surface area contributed by atoms with Crippen molar-refractivity contribution in [2.45, 2.75) is 20.4 Å². The molecule has 0 atom stereocenters. The zero-order valence-corrected chi connectivity index (χ0v) is 20.7. The third kappa shape index (κ3) is 5.71. The number of hydrazine groups is 1. The Bertz CT molecular complexity index is 1000. The molecule has 8 heteroatoms. The Labute approximate surface area is 199 Å². The summed E-state index contributed by atoms with van der Waals surface area (Å²) in [7, 11) is 0. The van der Waals surface area contributed by atoms with Crippen LogP contribution in [0.1, 0.15) is 22.2 Å². The minimum Gasteiger partial charge on any atom is -1.00 e. The molecule has 0 aliphatic carbocycles. The van der Waals surface area contributed by atoms with Gasteiger partial charge in [-0.2, -0.15) is 10.9 Å². The van der Waals surface area contributed by atoms with Gasteiger partial charge in [-0.25, -0.2) is 4.57 Å². The van der Waals surface area contributed by atoms with E-state index in [0.29, 0.717) is 18.7 Å². The maximum absolute atomic E-state index is 12.4. The molecule has 0 aliphatic heterocycles. The summed E-state index contributed by atoms with van der Waals surface area (Å²) in [5, 5.41) is 0.830. The number of hydrogen-bond acceptors (Lipinski definition) is 4. The predicted octanol–water partition coefficient (Wildman–Crippen LogP) is 2.12. The lowest BCUT2D eigenvalue weighted by Crippen LogP contribution is -3.00. The van der Waals surface area contributed by atoms with Crippen molar-refractivity contribution in [2.24, 2.45) is 0 Å². The number of nitrogens with zero attached hydrogens (tertiary/aromatic N) is 1. The number of rotatable bonds is 8. The number of thiazole rings is 1. The maximum atomic E-state index is 12.4. The van der Waals surface area contributed by atoms with Gasteiger partial charge in [0.25, 0.3) is 5.91 Å². The van der Waals surface area contributed by atoms with Gasteiger partial charge in [-0.1, -0.05) is 28.6 Å². The molecule has 1 amide bonds. The molecule has 30 heavy (non-hydrogen) atoms. The van der Waals surface area contributed by atoms with Gasteiger partial charge in [-0.15, -0.1) is 0 Å². The van der Waals surface area contributed by atoms with Crippen LogP contribution in [0.3, 0.4) is 0 Å². The molecular weight excluding hydrogens is 530 g/mol. The Morgan fingerprint density at radius 1 is 1.20 bits per heavy atom. The minimum absolute atomic E-state index is 0. The Hall–Kier alpha value is -2.16. The van der Waals surface area contributed by atoms with Crippen molar-refractivity contribution in [1.82, 2.24) is 5.43 Å². The third-order valence-corrected chi connectivity index (χ3v) is 5.78. The van der Waals surface area contributed by atoms with E-state index in [4.69, 9.17) is 4.74 Å². The molecule has 0 fully saturated rings. The van der Waals surface area contributed by atoms with Crippen LogP contribution in [-0.2, 0) is 6.54 Å². The number of carbonyl (C=O) groups excluding carboxylic acids is 1. The summed E-state index contributed by atoms with van der Waals surface area (Å²) < 4.78 is 8.57. The molecule has 0 radical (unpaired) electrons. The van der Waals surface area contributed by atoms with Crippen LogP contribution in [0.5, 0.6) is 5.75 Å². The highest BCUT2D eigenvalue weighted by atomic mass is 79.9. The molecule has 2 aromatic carbocycles. The zero-order chi connectivity index (χ0) is 20.8. The summed E-state index contributed by atoms with van der Waals surface area (Å²) in [6, 6.07) is 15.2. The number of halogens is 2. The fourth-order valence-electron chi connectivity index (χ4n) is 2.95. The first-order valence-corrected chi connectivity index (χ1v) is 10.8. The second kappa shape index (κ2) is 11.3. The average molecular weight is 553 g/mol. The van der Waals surface area contributed by atoms with Crippen molar-refractivity contribution in [3.63, 3.8) is 0 Å². The highest BCUT2D eigenvalue weighted by Gasteiger charge is 2.23. The molecule has 1 aromatic heterocycles. The van der Waals surface area contributed by atoms with Gasteiger partial charge in [0.2, 0.25) is 0 Å². The van der Waals surface area contributed by atoms with E-state index < -0.39 is 0 Å². The number of carbonyl (C=O) groups is 1. The SMILES string of the molecule is C=CC[n+]1c(NNC(=O)c2ccc(Br)cc2)sc(C)c1-c1ccc(OCC)cc1.[Br-]. The normalized spacial score (nSPS) is 10.1. The van der Waals surface area contributed by atoms with Crippen LogP contribution in [0.25, 0.3) is 11.3 Å². The third-order valence-electron chi connectivity index (χ3n) is 4.24. The first kappa shape index (κ1) is 24.1. The Kier molecular flexibility index (Phi) is 9.08. The van der Waals surface area contributed by atoms with Crippen molar-refractivity contribution in [3.8, 4) is 17.0 Å². The van der Waals surface area contributed by atoms with Crippen molar-refractivity contribution >= 4 is 38.3 Å². The topological polar surface area (TPSA) is 54.2 Å². The standard InChI is InChI=1S/C22H22BrN3O2S.BrH/c1-4-14-26-20(16-8-12-19(13-9-16)28-5-2)15(3)29-22(26)25-24-21(27)17-6-10-18(23)11-7-17;/h4,6-13H,1,5,14H2,2-3H3,(H,24,27);1H. The van der Waals surface area contributed by atoms with Gasteiger partial charge in [0.05, 0.1) is 11.5 Å². The van der Waals surface area contributed by atoms with Crippen molar-refractivity contribution in [1.29, 1.82) is 0 Å². The Morgan fingerprint density at radius 3 is 2.47 bits per heavy atom. The van der Waals surface area contributed by atoms with E-state index in [0.717, 1.165) is 31.5 Å². The molecule has 5 nitrogen and oxygen atoms in total. The van der Waals surface area contributed by atoms with Gasteiger partial charge in [-0.05, 0) is 73.7 Å². The number of ether oxygens (including phenoxy) is 1. The smallest absolute Gasteiger partial charge is 0.358 e. The molecule has 3 aromatic rings. The number of aryl methyl sites for hydroxylation is 1. The maximum Gasteiger partial charge on any atom is 0.358 e. The lowest BCUT2D eigenvalue weighted by Gasteiger charge is -2.07. The molecule has 0 aliphatic rings. The number of nitrogens with one attached hydrogen (secondary N) is 2. The fraction of sp³-hybridized carbons (Fsp3) is 0.182. The number of anilines is 1. The molecular formula is C22H23Br2N3O2S. The van der Waals surface area contributed by atoms with E-state index in [1.807, 2.05) is 49.4 Å². The first-order chi connectivity index (χ1) is 14.0. The molecule has 2 N–H and O–H groups in total. The van der Waals surface area contributed by atoms with E-state index >= 15 is 0 Å². The zero-order valence-electron chi connectivity index (χ0n) is 16.7. The average Bonchev–Trinajstić information content (AvgIpc) is 3.03. The van der Waals surface area contributed by atoms with Crippen LogP contribution < -0.4 is 37.1 Å². The van der Waals surface area contributed by atoms with Crippen LogP contribution in [0, 0.1) is 6.92 Å². The summed E-state index contributed by atoms with van der Waals surface area (Å²) in [5.74, 6) is 0.649. The van der Waals surface area contributed by atoms with E-state index in [1.165, 1.54) is 0 Å². The van der Waals surface area contributed by atoms with E-state index in [-0.39, 0.29) is 22.9 Å². The van der Waals surface area contributed by atoms with Crippen LogP contribution >= 0.6 is 27.3 Å². The quantitative estimate of drug-likeness (QED) is 0.256. The van der Waals surface area contributed by atoms with Crippen LogP contribution in [0.2, 0.25) is 0 Å². The number of benzene rings is 2. The fourth-order valence-corrected chi connectivity index (χ4v) is 4.21. The summed E-state index contributed by atoms with van der Waals surface area (Å²) in [5.41, 5.74) is 8.60. The van der Waals surface area contributed by atoms with E-state index in [1.54, 1.807) is 23.5 Å². The summed E-state index contributed by atoms with van der Waals surface area (Å²) in [6.07, 6.45) is 1.84. The Balaban J connectivity index is 0.00000320. The number of aromatic nitrogens is 1. The first-order valence-electron chi connectivity index (χ1n) is 9.22. The molecule has 158 valence electrons. The lowest BCUT2D eigenvalue weighted by molar-refractivity contribution is -0.658. The molecule has 0 unspecified atom stereocenters. The number of allylic oxidation sites excluding steroid dienone is 1. The second-order valence-electron chi connectivity index (χ2n) is 6.25. The lowest BCUT2D eigenvalue weighted by atomic mass is 10.1. The largest absolute Gasteiger partial charge is 1.00 e. The number of hydrogen-bond donors (Lipinski definition) is 2. The molecule has 1 heterocycles. The van der Waals surface area contributed by atoms with Crippen LogP contribution in [-0.4, -0.2) is 12.5 Å². The number of amides is 1. The van der Waals surface area contributed by atoms with E-state index in [2.05, 4.69) is 44.9 Å². The Morgan fingerprint density at radius 2 is 1.87 bits per heavy atom. The van der Waals surface area contributed by atoms with Gasteiger partial charge in [0.15, 0.2) is 0 Å². The summed E-state index contributed by atoms with van der Waals surface area (Å²) in [4.78, 5) is 13.6. The monoisotopic (exact) mass is 551 g/mol. The molecule has 0 bridgehead atoms. The summed E-state index contributed by atoms with van der Waals surface area (Å²) >= 11 is 4.96. The highest BCUT2D eigenvalue weighted by molar-refractivity contribution is 9.10.